The number of ether oxygens (including phenoxy) is 2. The summed E-state index contributed by atoms with van der Waals surface area (Å²) >= 11 is 0. The van der Waals surface area contributed by atoms with Crippen molar-refractivity contribution in [1.29, 1.82) is 0 Å². The SMILES string of the molecule is Cc1ccccc1-n1nc(C)c(CN(Cc2ccc3c(c2)OCO3)C[C@H](C)O)c1C. The lowest BCUT2D eigenvalue weighted by atomic mass is 10.1. The third-order valence-corrected chi connectivity index (χ3v) is 5.53. The largest absolute Gasteiger partial charge is 0.454 e. The summed E-state index contributed by atoms with van der Waals surface area (Å²) in [6, 6.07) is 14.3. The Kier molecular flexibility index (Phi) is 5.79. The van der Waals surface area contributed by atoms with E-state index < -0.39 is 6.10 Å². The highest BCUT2D eigenvalue weighted by Gasteiger charge is 2.20. The lowest BCUT2D eigenvalue weighted by Crippen LogP contribution is -2.30. The van der Waals surface area contributed by atoms with Crippen LogP contribution in [0, 0.1) is 20.8 Å². The van der Waals surface area contributed by atoms with Crippen molar-refractivity contribution in [3.63, 3.8) is 0 Å². The monoisotopic (exact) mass is 407 g/mol. The number of aliphatic hydroxyl groups excluding tert-OH is 1. The van der Waals surface area contributed by atoms with Gasteiger partial charge in [-0.25, -0.2) is 4.68 Å². The molecule has 0 aliphatic carbocycles. The quantitative estimate of drug-likeness (QED) is 0.644. The van der Waals surface area contributed by atoms with Crippen molar-refractivity contribution in [2.24, 2.45) is 0 Å². The number of aromatic nitrogens is 2. The van der Waals surface area contributed by atoms with Gasteiger partial charge in [-0.3, -0.25) is 4.90 Å². The topological polar surface area (TPSA) is 59.8 Å². The Bertz CT molecular complexity index is 1040. The van der Waals surface area contributed by atoms with E-state index in [0.29, 0.717) is 19.6 Å². The first kappa shape index (κ1) is 20.4. The lowest BCUT2D eigenvalue weighted by molar-refractivity contribution is 0.118. The summed E-state index contributed by atoms with van der Waals surface area (Å²) in [4.78, 5) is 2.25. The van der Waals surface area contributed by atoms with Crippen molar-refractivity contribution in [2.45, 2.75) is 46.9 Å². The maximum absolute atomic E-state index is 10.1. The van der Waals surface area contributed by atoms with Crippen LogP contribution in [0.1, 0.15) is 35.0 Å². The van der Waals surface area contributed by atoms with E-state index in [0.717, 1.165) is 34.1 Å². The molecule has 30 heavy (non-hydrogen) atoms. The first-order valence-electron chi connectivity index (χ1n) is 10.3. The Labute approximate surface area is 177 Å². The van der Waals surface area contributed by atoms with Crippen molar-refractivity contribution in [1.82, 2.24) is 14.7 Å². The molecule has 1 aliphatic heterocycles. The van der Waals surface area contributed by atoms with Gasteiger partial charge in [0.1, 0.15) is 0 Å². The van der Waals surface area contributed by atoms with Crippen LogP contribution in [-0.2, 0) is 13.1 Å². The van der Waals surface area contributed by atoms with Gasteiger partial charge in [-0.1, -0.05) is 24.3 Å². The fourth-order valence-corrected chi connectivity index (χ4v) is 4.02. The van der Waals surface area contributed by atoms with Gasteiger partial charge < -0.3 is 14.6 Å². The van der Waals surface area contributed by atoms with Gasteiger partial charge in [-0.2, -0.15) is 5.10 Å². The second-order valence-electron chi connectivity index (χ2n) is 8.05. The van der Waals surface area contributed by atoms with E-state index in [1.165, 1.54) is 11.1 Å². The van der Waals surface area contributed by atoms with Gasteiger partial charge in [0, 0.05) is 30.9 Å². The Hall–Kier alpha value is -2.83. The summed E-state index contributed by atoms with van der Waals surface area (Å²) in [5, 5.41) is 14.9. The zero-order valence-electron chi connectivity index (χ0n) is 18.1. The normalized spacial score (nSPS) is 13.8. The minimum atomic E-state index is -0.425. The van der Waals surface area contributed by atoms with Gasteiger partial charge in [0.2, 0.25) is 6.79 Å². The van der Waals surface area contributed by atoms with Gasteiger partial charge in [0.25, 0.3) is 0 Å². The Morgan fingerprint density at radius 1 is 1.07 bits per heavy atom. The molecular formula is C24H29N3O3. The van der Waals surface area contributed by atoms with Crippen LogP contribution in [0.25, 0.3) is 5.69 Å². The third-order valence-electron chi connectivity index (χ3n) is 5.53. The molecule has 0 spiro atoms. The van der Waals surface area contributed by atoms with E-state index in [2.05, 4.69) is 43.9 Å². The van der Waals surface area contributed by atoms with Crippen LogP contribution in [0.3, 0.4) is 0 Å². The summed E-state index contributed by atoms with van der Waals surface area (Å²) in [6.07, 6.45) is -0.425. The van der Waals surface area contributed by atoms with E-state index in [4.69, 9.17) is 14.6 Å². The van der Waals surface area contributed by atoms with E-state index >= 15 is 0 Å². The molecule has 0 saturated carbocycles. The van der Waals surface area contributed by atoms with Crippen LogP contribution in [-0.4, -0.2) is 39.2 Å². The summed E-state index contributed by atoms with van der Waals surface area (Å²) in [6.45, 7) is 10.4. The van der Waals surface area contributed by atoms with Crippen LogP contribution < -0.4 is 9.47 Å². The minimum absolute atomic E-state index is 0.270. The molecule has 1 atom stereocenters. The molecular weight excluding hydrogens is 378 g/mol. The fourth-order valence-electron chi connectivity index (χ4n) is 4.02. The predicted molar refractivity (Wildman–Crippen MR) is 116 cm³/mol. The maximum atomic E-state index is 10.1. The maximum Gasteiger partial charge on any atom is 0.231 e. The molecule has 1 aromatic heterocycles. The van der Waals surface area contributed by atoms with Gasteiger partial charge in [0.05, 0.1) is 17.5 Å². The summed E-state index contributed by atoms with van der Waals surface area (Å²) in [7, 11) is 0. The molecule has 6 heteroatoms. The average molecular weight is 408 g/mol. The van der Waals surface area contributed by atoms with Crippen LogP contribution in [0.5, 0.6) is 11.5 Å². The number of aliphatic hydroxyl groups is 1. The minimum Gasteiger partial charge on any atom is -0.454 e. The van der Waals surface area contributed by atoms with E-state index in [1.54, 1.807) is 0 Å². The standard InChI is InChI=1S/C24H29N3O3/c1-16-7-5-6-8-22(16)27-19(4)21(18(3)25-27)14-26(12-17(2)28)13-20-9-10-23-24(11-20)30-15-29-23/h5-11,17,28H,12-15H2,1-4H3/t17-/m0/s1. The molecule has 0 fully saturated rings. The molecule has 1 N–H and O–H groups in total. The second-order valence-corrected chi connectivity index (χ2v) is 8.05. The molecule has 0 unspecified atom stereocenters. The van der Waals surface area contributed by atoms with Crippen LogP contribution >= 0.6 is 0 Å². The van der Waals surface area contributed by atoms with Gasteiger partial charge in [-0.15, -0.1) is 0 Å². The van der Waals surface area contributed by atoms with E-state index in [9.17, 15) is 5.11 Å². The Morgan fingerprint density at radius 3 is 2.60 bits per heavy atom. The highest BCUT2D eigenvalue weighted by atomic mass is 16.7. The summed E-state index contributed by atoms with van der Waals surface area (Å²) in [5.41, 5.74) is 6.75. The van der Waals surface area contributed by atoms with Crippen LogP contribution in [0.2, 0.25) is 0 Å². The number of hydrogen-bond donors (Lipinski definition) is 1. The molecule has 2 aromatic carbocycles. The second kappa shape index (κ2) is 8.50. The fraction of sp³-hybridized carbons (Fsp3) is 0.375. The molecule has 3 aromatic rings. The Balaban J connectivity index is 1.60. The van der Waals surface area contributed by atoms with Gasteiger partial charge >= 0.3 is 0 Å². The molecule has 0 amide bonds. The molecule has 0 bridgehead atoms. The van der Waals surface area contributed by atoms with Crippen LogP contribution in [0.4, 0.5) is 0 Å². The van der Waals surface area contributed by atoms with Crippen molar-refractivity contribution in [3.05, 3.63) is 70.5 Å². The average Bonchev–Trinajstić information content (AvgIpc) is 3.27. The predicted octanol–water partition coefficient (Wildman–Crippen LogP) is 3.91. The summed E-state index contributed by atoms with van der Waals surface area (Å²) < 4.78 is 13.0. The van der Waals surface area contributed by atoms with Crippen molar-refractivity contribution >= 4 is 0 Å². The number of para-hydroxylation sites is 1. The van der Waals surface area contributed by atoms with E-state index in [1.807, 2.05) is 35.9 Å². The van der Waals surface area contributed by atoms with Gasteiger partial charge in [0.15, 0.2) is 11.5 Å². The number of rotatable bonds is 7. The zero-order valence-corrected chi connectivity index (χ0v) is 18.1. The van der Waals surface area contributed by atoms with Crippen molar-refractivity contribution < 1.29 is 14.6 Å². The number of nitrogens with zero attached hydrogens (tertiary/aromatic N) is 3. The zero-order chi connectivity index (χ0) is 21.3. The molecule has 158 valence electrons. The number of aryl methyl sites for hydroxylation is 2. The molecule has 6 nitrogen and oxygen atoms in total. The molecule has 4 rings (SSSR count). The number of fused-ring (bicyclic) bond motifs is 1. The molecule has 0 saturated heterocycles. The smallest absolute Gasteiger partial charge is 0.231 e. The Morgan fingerprint density at radius 2 is 1.83 bits per heavy atom. The first-order chi connectivity index (χ1) is 14.4. The highest BCUT2D eigenvalue weighted by molar-refractivity contribution is 5.45. The molecule has 1 aliphatic rings. The number of benzene rings is 2. The molecule has 2 heterocycles. The van der Waals surface area contributed by atoms with Gasteiger partial charge in [-0.05, 0) is 57.0 Å². The van der Waals surface area contributed by atoms with Crippen molar-refractivity contribution in [3.8, 4) is 17.2 Å². The first-order valence-corrected chi connectivity index (χ1v) is 10.3. The lowest BCUT2D eigenvalue weighted by Gasteiger charge is -2.24. The van der Waals surface area contributed by atoms with Crippen LogP contribution in [0.15, 0.2) is 42.5 Å². The highest BCUT2D eigenvalue weighted by Crippen LogP contribution is 2.33. The molecule has 0 radical (unpaired) electrons. The van der Waals surface area contributed by atoms with E-state index in [-0.39, 0.29) is 6.79 Å². The summed E-state index contributed by atoms with van der Waals surface area (Å²) in [5.74, 6) is 1.57. The number of hydrogen-bond acceptors (Lipinski definition) is 5. The van der Waals surface area contributed by atoms with Crippen molar-refractivity contribution in [2.75, 3.05) is 13.3 Å². The third kappa shape index (κ3) is 4.20.